The number of thioether (sulfide) groups is 1. The topological polar surface area (TPSA) is 85.8 Å². The van der Waals surface area contributed by atoms with Gasteiger partial charge in [0.05, 0.1) is 17.0 Å². The van der Waals surface area contributed by atoms with Crippen molar-refractivity contribution in [2.75, 3.05) is 16.9 Å². The minimum absolute atomic E-state index is 0.173. The lowest BCUT2D eigenvalue weighted by molar-refractivity contribution is -0.137. The van der Waals surface area contributed by atoms with Gasteiger partial charge < -0.3 is 11.2 Å². The number of nitrogens with two attached hydrogens (primary N) is 1. The Morgan fingerprint density at radius 1 is 1.17 bits per heavy atom. The number of benzene rings is 2. The molecule has 0 saturated heterocycles. The minimum Gasteiger partial charge on any atom is -0.336 e. The van der Waals surface area contributed by atoms with E-state index in [4.69, 9.17) is 5.84 Å². The molecule has 29 heavy (non-hydrogen) atoms. The van der Waals surface area contributed by atoms with Gasteiger partial charge in [-0.15, -0.1) is 10.2 Å². The second kappa shape index (κ2) is 8.87. The first-order valence-electron chi connectivity index (χ1n) is 8.26. The molecule has 0 radical (unpaired) electrons. The van der Waals surface area contributed by atoms with Gasteiger partial charge in [0.1, 0.15) is 0 Å². The zero-order valence-electron chi connectivity index (χ0n) is 14.8. The molecule has 0 aliphatic carbocycles. The Labute approximate surface area is 176 Å². The van der Waals surface area contributed by atoms with E-state index in [0.717, 1.165) is 23.4 Å². The van der Waals surface area contributed by atoms with Gasteiger partial charge in [-0.1, -0.05) is 58.0 Å². The molecule has 152 valence electrons. The van der Waals surface area contributed by atoms with Gasteiger partial charge in [-0.25, -0.2) is 4.68 Å². The van der Waals surface area contributed by atoms with Gasteiger partial charge in [-0.05, 0) is 23.8 Å². The predicted octanol–water partition coefficient (Wildman–Crippen LogP) is 4.09. The van der Waals surface area contributed by atoms with E-state index in [2.05, 4.69) is 31.4 Å². The number of amides is 1. The number of aromatic nitrogens is 3. The van der Waals surface area contributed by atoms with Crippen molar-refractivity contribution >= 4 is 39.3 Å². The van der Waals surface area contributed by atoms with Crippen molar-refractivity contribution in [1.82, 2.24) is 14.9 Å². The lowest BCUT2D eigenvalue weighted by Gasteiger charge is -2.14. The summed E-state index contributed by atoms with van der Waals surface area (Å²) in [6, 6.07) is 13.1. The van der Waals surface area contributed by atoms with E-state index in [1.165, 1.54) is 16.8 Å². The van der Waals surface area contributed by atoms with E-state index in [0.29, 0.717) is 12.2 Å². The maximum absolute atomic E-state index is 13.1. The number of nitrogens with one attached hydrogen (secondary N) is 1. The van der Waals surface area contributed by atoms with Gasteiger partial charge in [0.25, 0.3) is 0 Å². The molecule has 0 bridgehead atoms. The van der Waals surface area contributed by atoms with Gasteiger partial charge in [-0.3, -0.25) is 4.79 Å². The third kappa shape index (κ3) is 5.51. The van der Waals surface area contributed by atoms with Gasteiger partial charge in [0.15, 0.2) is 5.82 Å². The first kappa shape index (κ1) is 21.2. The van der Waals surface area contributed by atoms with Crippen molar-refractivity contribution in [3.05, 3.63) is 70.0 Å². The van der Waals surface area contributed by atoms with Crippen LogP contribution >= 0.6 is 27.7 Å². The third-order valence-electron chi connectivity index (χ3n) is 3.83. The monoisotopic (exact) mass is 485 g/mol. The van der Waals surface area contributed by atoms with Gasteiger partial charge >= 0.3 is 6.18 Å². The van der Waals surface area contributed by atoms with Crippen LogP contribution < -0.4 is 11.2 Å². The summed E-state index contributed by atoms with van der Waals surface area (Å²) in [5.74, 6) is 5.69. The van der Waals surface area contributed by atoms with Crippen molar-refractivity contribution < 1.29 is 18.0 Å². The smallest absolute Gasteiger partial charge is 0.336 e. The Bertz CT molecular complexity index is 1010. The SMILES string of the molecule is Nn1c(Cc2ccccc2)nnc1SCC(=O)Nc1ccc(Br)cc1C(F)(F)F. The van der Waals surface area contributed by atoms with Crippen LogP contribution in [0.25, 0.3) is 0 Å². The second-order valence-corrected chi connectivity index (χ2v) is 7.81. The van der Waals surface area contributed by atoms with Crippen LogP contribution in [0.4, 0.5) is 18.9 Å². The summed E-state index contributed by atoms with van der Waals surface area (Å²) in [5.41, 5.74) is -0.251. The van der Waals surface area contributed by atoms with Crippen molar-refractivity contribution in [2.24, 2.45) is 0 Å². The van der Waals surface area contributed by atoms with E-state index in [9.17, 15) is 18.0 Å². The summed E-state index contributed by atoms with van der Waals surface area (Å²) >= 11 is 3.99. The summed E-state index contributed by atoms with van der Waals surface area (Å²) in [7, 11) is 0. The highest BCUT2D eigenvalue weighted by Crippen LogP contribution is 2.36. The summed E-state index contributed by atoms with van der Waals surface area (Å²) in [4.78, 5) is 12.1. The Kier molecular flexibility index (Phi) is 6.48. The average molecular weight is 486 g/mol. The molecule has 0 atom stereocenters. The molecule has 6 nitrogen and oxygen atoms in total. The molecule has 3 N–H and O–H groups in total. The summed E-state index contributed by atoms with van der Waals surface area (Å²) in [6.07, 6.45) is -4.13. The van der Waals surface area contributed by atoms with Crippen LogP contribution in [0.2, 0.25) is 0 Å². The van der Waals surface area contributed by atoms with Crippen molar-refractivity contribution in [2.45, 2.75) is 17.8 Å². The molecule has 0 spiro atoms. The molecular weight excluding hydrogens is 471 g/mol. The highest BCUT2D eigenvalue weighted by Gasteiger charge is 2.34. The maximum atomic E-state index is 13.1. The molecule has 1 amide bonds. The fourth-order valence-corrected chi connectivity index (χ4v) is 3.52. The van der Waals surface area contributed by atoms with E-state index in [1.54, 1.807) is 0 Å². The second-order valence-electron chi connectivity index (χ2n) is 5.96. The highest BCUT2D eigenvalue weighted by molar-refractivity contribution is 9.10. The predicted molar refractivity (Wildman–Crippen MR) is 108 cm³/mol. The number of hydrogen-bond donors (Lipinski definition) is 2. The average Bonchev–Trinajstić information content (AvgIpc) is 3.01. The number of nitrogen functional groups attached to an aromatic ring is 1. The zero-order chi connectivity index (χ0) is 21.0. The molecule has 11 heteroatoms. The number of nitrogens with zero attached hydrogens (tertiary/aromatic N) is 3. The summed E-state index contributed by atoms with van der Waals surface area (Å²) in [6.45, 7) is 0. The molecule has 1 aromatic heterocycles. The molecule has 0 unspecified atom stereocenters. The number of rotatable bonds is 6. The molecule has 2 aromatic carbocycles. The van der Waals surface area contributed by atoms with E-state index < -0.39 is 17.6 Å². The van der Waals surface area contributed by atoms with Crippen LogP contribution in [0.15, 0.2) is 58.2 Å². The molecule has 0 saturated carbocycles. The molecule has 1 heterocycles. The fraction of sp³-hybridized carbons (Fsp3) is 0.167. The van der Waals surface area contributed by atoms with Crippen LogP contribution in [0.5, 0.6) is 0 Å². The molecular formula is C18H15BrF3N5OS. The lowest BCUT2D eigenvalue weighted by atomic mass is 10.1. The number of carbonyl (C=O) groups is 1. The van der Waals surface area contributed by atoms with Crippen LogP contribution in [-0.4, -0.2) is 26.5 Å². The Balaban J connectivity index is 1.64. The van der Waals surface area contributed by atoms with Crippen LogP contribution in [0.3, 0.4) is 0 Å². The van der Waals surface area contributed by atoms with Crippen molar-refractivity contribution in [3.63, 3.8) is 0 Å². The van der Waals surface area contributed by atoms with E-state index in [-0.39, 0.29) is 21.1 Å². The third-order valence-corrected chi connectivity index (χ3v) is 5.27. The van der Waals surface area contributed by atoms with Gasteiger partial charge in [-0.2, -0.15) is 13.2 Å². The Morgan fingerprint density at radius 3 is 2.59 bits per heavy atom. The molecule has 3 aromatic rings. The van der Waals surface area contributed by atoms with Crippen LogP contribution in [-0.2, 0) is 17.4 Å². The molecule has 3 rings (SSSR count). The van der Waals surface area contributed by atoms with Crippen molar-refractivity contribution in [1.29, 1.82) is 0 Å². The molecule has 0 aliphatic heterocycles. The molecule has 0 aliphatic rings. The Morgan fingerprint density at radius 2 is 1.90 bits per heavy atom. The van der Waals surface area contributed by atoms with Crippen LogP contribution in [0.1, 0.15) is 17.0 Å². The zero-order valence-corrected chi connectivity index (χ0v) is 17.2. The number of anilines is 1. The standard InChI is InChI=1S/C18H15BrF3N5OS/c19-12-6-7-14(13(9-12)18(20,21)22)24-16(28)10-29-17-26-25-15(27(17)23)8-11-4-2-1-3-5-11/h1-7,9H,8,10,23H2,(H,24,28). The normalized spacial score (nSPS) is 11.4. The largest absolute Gasteiger partial charge is 0.418 e. The van der Waals surface area contributed by atoms with E-state index >= 15 is 0 Å². The van der Waals surface area contributed by atoms with E-state index in [1.807, 2.05) is 30.3 Å². The van der Waals surface area contributed by atoms with Gasteiger partial charge in [0, 0.05) is 10.9 Å². The van der Waals surface area contributed by atoms with Crippen molar-refractivity contribution in [3.8, 4) is 0 Å². The Hall–Kier alpha value is -2.53. The first-order valence-corrected chi connectivity index (χ1v) is 10.0. The maximum Gasteiger partial charge on any atom is 0.418 e. The van der Waals surface area contributed by atoms with Gasteiger partial charge in [0.2, 0.25) is 11.1 Å². The number of alkyl halides is 3. The lowest BCUT2D eigenvalue weighted by Crippen LogP contribution is -2.19. The number of carbonyl (C=O) groups excluding carboxylic acids is 1. The fourth-order valence-electron chi connectivity index (χ4n) is 2.48. The first-order chi connectivity index (χ1) is 13.7. The minimum atomic E-state index is -4.59. The molecule has 0 fully saturated rings. The summed E-state index contributed by atoms with van der Waals surface area (Å²) < 4.78 is 41.0. The highest BCUT2D eigenvalue weighted by atomic mass is 79.9. The number of hydrogen-bond acceptors (Lipinski definition) is 5. The summed E-state index contributed by atoms with van der Waals surface area (Å²) in [5, 5.41) is 10.5. The number of halogens is 4. The van der Waals surface area contributed by atoms with Crippen LogP contribution in [0, 0.1) is 0 Å². The quantitative estimate of drug-likeness (QED) is 0.405.